The maximum atomic E-state index is 13.5. The van der Waals surface area contributed by atoms with Crippen molar-refractivity contribution in [2.75, 3.05) is 37.0 Å². The lowest BCUT2D eigenvalue weighted by atomic mass is 10.2. The molecule has 37 heavy (non-hydrogen) atoms. The number of amides is 1. The Kier molecular flexibility index (Phi) is 7.67. The average Bonchev–Trinajstić information content (AvgIpc) is 2.88. The second kappa shape index (κ2) is 10.6. The number of halogens is 1. The fourth-order valence-corrected chi connectivity index (χ4v) is 6.86. The highest BCUT2D eigenvalue weighted by molar-refractivity contribution is 7.92. The molecule has 1 saturated heterocycles. The van der Waals surface area contributed by atoms with E-state index >= 15 is 0 Å². The minimum Gasteiger partial charge on any atom is -0.338 e. The van der Waals surface area contributed by atoms with Gasteiger partial charge in [-0.05, 0) is 62.4 Å². The summed E-state index contributed by atoms with van der Waals surface area (Å²) in [5.74, 6) is -1.03. The van der Waals surface area contributed by atoms with Gasteiger partial charge in [-0.1, -0.05) is 35.4 Å². The van der Waals surface area contributed by atoms with Gasteiger partial charge in [0.1, 0.15) is 12.4 Å². The van der Waals surface area contributed by atoms with Crippen molar-refractivity contribution in [3.63, 3.8) is 0 Å². The van der Waals surface area contributed by atoms with E-state index in [9.17, 15) is 26.0 Å². The Balaban J connectivity index is 1.52. The number of carbonyl (C=O) groups is 1. The van der Waals surface area contributed by atoms with Gasteiger partial charge in [-0.15, -0.1) is 0 Å². The number of benzene rings is 3. The molecule has 1 aliphatic rings. The fourth-order valence-electron chi connectivity index (χ4n) is 4.02. The summed E-state index contributed by atoms with van der Waals surface area (Å²) in [6.45, 7) is 3.70. The molecule has 1 heterocycles. The molecule has 3 aromatic carbocycles. The lowest BCUT2D eigenvalue weighted by Gasteiger charge is -2.35. The zero-order chi connectivity index (χ0) is 26.8. The summed E-state index contributed by atoms with van der Waals surface area (Å²) in [4.78, 5) is 14.7. The first-order valence-electron chi connectivity index (χ1n) is 11.7. The molecular weight excluding hydrogens is 517 g/mol. The van der Waals surface area contributed by atoms with E-state index in [1.54, 1.807) is 48.5 Å². The van der Waals surface area contributed by atoms with Gasteiger partial charge in [-0.3, -0.25) is 9.10 Å². The predicted octanol–water partition coefficient (Wildman–Crippen LogP) is 3.17. The van der Waals surface area contributed by atoms with E-state index in [1.807, 2.05) is 13.8 Å². The molecule has 4 rings (SSSR count). The quantitative estimate of drug-likeness (QED) is 0.455. The third kappa shape index (κ3) is 5.84. The standard InChI is InChI=1S/C26H28FN3O5S2/c1-20-3-9-23(10-4-20)30(37(34,35)25-13-7-22(27)8-14-25)19-26(31)28-15-17-29(18-16-28)36(32,33)24-11-5-21(2)6-12-24/h3-14H,15-19H2,1-2H3. The SMILES string of the molecule is Cc1ccc(N(CC(=O)N2CCN(S(=O)(=O)c3ccc(C)cc3)CC2)S(=O)(=O)c2ccc(F)cc2)cc1. The Morgan fingerprint density at radius 1 is 0.757 bits per heavy atom. The summed E-state index contributed by atoms with van der Waals surface area (Å²) in [5, 5.41) is 0. The number of piperazine rings is 1. The zero-order valence-electron chi connectivity index (χ0n) is 20.5. The second-order valence-corrected chi connectivity index (χ2v) is 12.7. The van der Waals surface area contributed by atoms with Gasteiger partial charge in [0, 0.05) is 26.2 Å². The Labute approximate surface area is 217 Å². The Morgan fingerprint density at radius 3 is 1.78 bits per heavy atom. The summed E-state index contributed by atoms with van der Waals surface area (Å²) in [6.07, 6.45) is 0. The summed E-state index contributed by atoms with van der Waals surface area (Å²) in [6, 6.07) is 17.7. The van der Waals surface area contributed by atoms with E-state index < -0.39 is 38.3 Å². The van der Waals surface area contributed by atoms with Crippen LogP contribution >= 0.6 is 0 Å². The minimum atomic E-state index is -4.18. The highest BCUT2D eigenvalue weighted by Crippen LogP contribution is 2.25. The zero-order valence-corrected chi connectivity index (χ0v) is 22.2. The van der Waals surface area contributed by atoms with Crippen LogP contribution in [0.2, 0.25) is 0 Å². The van der Waals surface area contributed by atoms with Crippen LogP contribution in [0.25, 0.3) is 0 Å². The van der Waals surface area contributed by atoms with Crippen LogP contribution in [0.4, 0.5) is 10.1 Å². The first-order chi connectivity index (χ1) is 17.5. The molecule has 0 unspecified atom stereocenters. The number of hydrogen-bond acceptors (Lipinski definition) is 5. The third-order valence-electron chi connectivity index (χ3n) is 6.25. The van der Waals surface area contributed by atoms with Crippen LogP contribution in [0.1, 0.15) is 11.1 Å². The molecule has 0 aromatic heterocycles. The van der Waals surface area contributed by atoms with Crippen LogP contribution in [0.5, 0.6) is 0 Å². The maximum absolute atomic E-state index is 13.5. The minimum absolute atomic E-state index is 0.0944. The van der Waals surface area contributed by atoms with Crippen molar-refractivity contribution in [3.05, 3.63) is 89.7 Å². The summed E-state index contributed by atoms with van der Waals surface area (Å²) < 4.78 is 68.6. The van der Waals surface area contributed by atoms with Gasteiger partial charge in [0.05, 0.1) is 15.5 Å². The van der Waals surface area contributed by atoms with E-state index in [4.69, 9.17) is 0 Å². The van der Waals surface area contributed by atoms with E-state index in [-0.39, 0.29) is 36.0 Å². The summed E-state index contributed by atoms with van der Waals surface area (Å²) in [7, 11) is -7.88. The van der Waals surface area contributed by atoms with Crippen molar-refractivity contribution in [2.45, 2.75) is 23.6 Å². The Hall–Kier alpha value is -3.28. The lowest BCUT2D eigenvalue weighted by molar-refractivity contribution is -0.130. The highest BCUT2D eigenvalue weighted by atomic mass is 32.2. The molecule has 0 saturated carbocycles. The van der Waals surface area contributed by atoms with E-state index in [1.165, 1.54) is 9.21 Å². The highest BCUT2D eigenvalue weighted by Gasteiger charge is 2.33. The van der Waals surface area contributed by atoms with E-state index in [0.29, 0.717) is 5.69 Å². The number of sulfonamides is 2. The molecule has 1 amide bonds. The van der Waals surface area contributed by atoms with Crippen LogP contribution in [0.3, 0.4) is 0 Å². The van der Waals surface area contributed by atoms with Crippen molar-refractivity contribution < 1.29 is 26.0 Å². The molecule has 0 atom stereocenters. The molecule has 3 aromatic rings. The maximum Gasteiger partial charge on any atom is 0.264 e. The molecule has 0 spiro atoms. The summed E-state index contributed by atoms with van der Waals surface area (Å²) in [5.41, 5.74) is 2.16. The number of hydrogen-bond donors (Lipinski definition) is 0. The van der Waals surface area contributed by atoms with Crippen LogP contribution in [-0.4, -0.2) is 64.7 Å². The molecule has 8 nitrogen and oxygen atoms in total. The van der Waals surface area contributed by atoms with Crippen molar-refractivity contribution in [3.8, 4) is 0 Å². The van der Waals surface area contributed by atoms with E-state index in [2.05, 4.69) is 0 Å². The molecular formula is C26H28FN3O5S2. The number of aryl methyl sites for hydroxylation is 2. The smallest absolute Gasteiger partial charge is 0.264 e. The Morgan fingerprint density at radius 2 is 1.24 bits per heavy atom. The molecule has 0 aliphatic carbocycles. The number of nitrogens with zero attached hydrogens (tertiary/aromatic N) is 3. The molecule has 1 aliphatic heterocycles. The van der Waals surface area contributed by atoms with Gasteiger partial charge in [-0.2, -0.15) is 4.31 Å². The third-order valence-corrected chi connectivity index (χ3v) is 9.95. The molecule has 0 bridgehead atoms. The van der Waals surface area contributed by atoms with Gasteiger partial charge in [0.25, 0.3) is 10.0 Å². The van der Waals surface area contributed by atoms with Gasteiger partial charge in [-0.25, -0.2) is 21.2 Å². The topological polar surface area (TPSA) is 95.1 Å². The first kappa shape index (κ1) is 26.8. The van der Waals surface area contributed by atoms with Crippen molar-refractivity contribution in [2.24, 2.45) is 0 Å². The molecule has 11 heteroatoms. The molecule has 0 N–H and O–H groups in total. The Bertz CT molecular complexity index is 1470. The van der Waals surface area contributed by atoms with Crippen molar-refractivity contribution >= 4 is 31.6 Å². The van der Waals surface area contributed by atoms with E-state index in [0.717, 1.165) is 39.7 Å². The van der Waals surface area contributed by atoms with Gasteiger partial charge < -0.3 is 4.90 Å². The summed E-state index contributed by atoms with van der Waals surface area (Å²) >= 11 is 0. The van der Waals surface area contributed by atoms with Crippen LogP contribution in [0, 0.1) is 19.7 Å². The number of carbonyl (C=O) groups excluding carboxylic acids is 1. The monoisotopic (exact) mass is 545 g/mol. The number of anilines is 1. The van der Waals surface area contributed by atoms with Gasteiger partial charge in [0.2, 0.25) is 15.9 Å². The molecule has 1 fully saturated rings. The largest absolute Gasteiger partial charge is 0.338 e. The predicted molar refractivity (Wildman–Crippen MR) is 139 cm³/mol. The molecule has 196 valence electrons. The van der Waals surface area contributed by atoms with Crippen LogP contribution < -0.4 is 4.31 Å². The van der Waals surface area contributed by atoms with Crippen molar-refractivity contribution in [1.29, 1.82) is 0 Å². The normalized spacial score (nSPS) is 14.9. The van der Waals surface area contributed by atoms with Gasteiger partial charge in [0.15, 0.2) is 0 Å². The fraction of sp³-hybridized carbons (Fsp3) is 0.269. The lowest BCUT2D eigenvalue weighted by Crippen LogP contribution is -2.53. The van der Waals surface area contributed by atoms with Gasteiger partial charge >= 0.3 is 0 Å². The number of rotatable bonds is 7. The second-order valence-electron chi connectivity index (χ2n) is 8.90. The molecule has 0 radical (unpaired) electrons. The van der Waals surface area contributed by atoms with Crippen LogP contribution in [-0.2, 0) is 24.8 Å². The van der Waals surface area contributed by atoms with Crippen LogP contribution in [0.15, 0.2) is 82.6 Å². The van der Waals surface area contributed by atoms with Crippen molar-refractivity contribution in [1.82, 2.24) is 9.21 Å². The first-order valence-corrected chi connectivity index (χ1v) is 14.6. The average molecular weight is 546 g/mol.